The van der Waals surface area contributed by atoms with Gasteiger partial charge in [-0.05, 0) is 29.8 Å². The third-order valence-corrected chi connectivity index (χ3v) is 7.87. The number of ether oxygens (including phenoxy) is 2. The van der Waals surface area contributed by atoms with Crippen molar-refractivity contribution in [3.05, 3.63) is 87.0 Å². The number of aliphatic hydroxyl groups excluding tert-OH is 1. The van der Waals surface area contributed by atoms with Gasteiger partial charge in [-0.25, -0.2) is 4.98 Å². The Hall–Kier alpha value is -2.16. The first-order valence-electron chi connectivity index (χ1n) is 10.7. The molecule has 0 bridgehead atoms. The van der Waals surface area contributed by atoms with Crippen molar-refractivity contribution in [3.63, 3.8) is 0 Å². The minimum atomic E-state index is -1.64. The van der Waals surface area contributed by atoms with Crippen LogP contribution in [0, 0.1) is 11.8 Å². The van der Waals surface area contributed by atoms with E-state index in [1.165, 1.54) is 7.11 Å². The van der Waals surface area contributed by atoms with E-state index in [1.807, 2.05) is 54.6 Å². The maximum atomic E-state index is 12.8. The smallest absolute Gasteiger partial charge is 0.224 e. The number of hydrogen-bond acceptors (Lipinski definition) is 6. The number of nitrogens with zero attached hydrogens (tertiary/aromatic N) is 1. The summed E-state index contributed by atoms with van der Waals surface area (Å²) >= 11 is 9.78. The summed E-state index contributed by atoms with van der Waals surface area (Å²) in [4.78, 5) is 4.32. The molecule has 0 saturated heterocycles. The lowest BCUT2D eigenvalue weighted by atomic mass is 9.70. The van der Waals surface area contributed by atoms with Crippen LogP contribution in [0.3, 0.4) is 0 Å². The van der Waals surface area contributed by atoms with Crippen LogP contribution in [0.1, 0.15) is 22.6 Å². The van der Waals surface area contributed by atoms with E-state index in [1.54, 1.807) is 6.07 Å². The predicted octanol–water partition coefficient (Wildman–Crippen LogP) is 3.96. The Morgan fingerprint density at radius 2 is 1.88 bits per heavy atom. The monoisotopic (exact) mass is 530 g/mol. The van der Waals surface area contributed by atoms with Crippen molar-refractivity contribution in [2.45, 2.75) is 17.1 Å². The molecule has 2 aromatic carbocycles. The van der Waals surface area contributed by atoms with Crippen LogP contribution >= 0.6 is 27.5 Å². The van der Waals surface area contributed by atoms with E-state index in [0.717, 1.165) is 15.6 Å². The van der Waals surface area contributed by atoms with Crippen LogP contribution in [0.15, 0.2) is 65.1 Å². The molecule has 172 valence electrons. The molecule has 1 aliphatic carbocycles. The molecule has 2 aliphatic rings. The highest BCUT2D eigenvalue weighted by atomic mass is 79.9. The van der Waals surface area contributed by atoms with Gasteiger partial charge in [-0.2, -0.15) is 0 Å². The lowest BCUT2D eigenvalue weighted by Crippen LogP contribution is -2.51. The first-order chi connectivity index (χ1) is 15.9. The summed E-state index contributed by atoms with van der Waals surface area (Å²) in [5.41, 5.74) is 5.46. The van der Waals surface area contributed by atoms with Crippen LogP contribution in [0.5, 0.6) is 11.6 Å². The van der Waals surface area contributed by atoms with Gasteiger partial charge in [0.2, 0.25) is 5.88 Å². The van der Waals surface area contributed by atoms with E-state index in [4.69, 9.17) is 26.8 Å². The molecular weight excluding hydrogens is 508 g/mol. The lowest BCUT2D eigenvalue weighted by molar-refractivity contribution is -0.127. The number of hydrogen-bond donors (Lipinski definition) is 3. The second-order valence-electron chi connectivity index (χ2n) is 8.52. The zero-order chi connectivity index (χ0) is 23.4. The molecule has 33 heavy (non-hydrogen) atoms. The number of pyridine rings is 1. The standard InChI is InChI=1S/C25H24BrClN2O4/c1-32-23-22-19(11-20(27)29-23)33-25(15-7-9-16(26)10-8-15)21(14-5-3-2-4-6-14)17(13-30)18(12-28)24(22,25)31/h2-11,17-18,21,30-31H,12-13,28H2,1H3/t17-,18-,21+,24+,25-/m0/s1. The van der Waals surface area contributed by atoms with Gasteiger partial charge in [0.15, 0.2) is 5.60 Å². The van der Waals surface area contributed by atoms with Gasteiger partial charge in [0, 0.05) is 34.9 Å². The first-order valence-corrected chi connectivity index (χ1v) is 11.9. The molecule has 1 saturated carbocycles. The Morgan fingerprint density at radius 3 is 2.48 bits per heavy atom. The number of rotatable bonds is 5. The SMILES string of the molecule is COc1nc(Cl)cc2c1[C@]1(O)[C@@H](CN)[C@H](CO)[C@@H](c3ccccc3)[C@]1(c1ccc(Br)cc1)O2. The van der Waals surface area contributed by atoms with E-state index in [9.17, 15) is 10.2 Å². The fraction of sp³-hybridized carbons (Fsp3) is 0.320. The third-order valence-electron chi connectivity index (χ3n) is 7.15. The van der Waals surface area contributed by atoms with E-state index >= 15 is 0 Å². The van der Waals surface area contributed by atoms with Crippen molar-refractivity contribution in [1.82, 2.24) is 4.98 Å². The normalized spacial score (nSPS) is 29.9. The molecule has 0 spiro atoms. The molecule has 0 amide bonds. The minimum Gasteiger partial charge on any atom is -0.481 e. The highest BCUT2D eigenvalue weighted by Crippen LogP contribution is 2.71. The Kier molecular flexibility index (Phi) is 5.66. The summed E-state index contributed by atoms with van der Waals surface area (Å²) in [5.74, 6) is -0.774. The molecule has 0 radical (unpaired) electrons. The molecular formula is C25H24BrClN2O4. The average molecular weight is 532 g/mol. The lowest BCUT2D eigenvalue weighted by Gasteiger charge is -2.41. The maximum Gasteiger partial charge on any atom is 0.224 e. The first kappa shape index (κ1) is 22.6. The zero-order valence-corrected chi connectivity index (χ0v) is 20.3. The van der Waals surface area contributed by atoms with E-state index < -0.39 is 23.0 Å². The molecule has 5 rings (SSSR count). The summed E-state index contributed by atoms with van der Waals surface area (Å²) in [6.07, 6.45) is 0. The van der Waals surface area contributed by atoms with Gasteiger partial charge in [0.05, 0.1) is 12.7 Å². The van der Waals surface area contributed by atoms with Crippen LogP contribution in [-0.4, -0.2) is 35.5 Å². The second-order valence-corrected chi connectivity index (χ2v) is 9.82. The van der Waals surface area contributed by atoms with Gasteiger partial charge in [-0.15, -0.1) is 0 Å². The summed E-state index contributed by atoms with van der Waals surface area (Å²) in [7, 11) is 1.48. The van der Waals surface area contributed by atoms with Crippen molar-refractivity contribution in [1.29, 1.82) is 0 Å². The zero-order valence-electron chi connectivity index (χ0n) is 17.9. The van der Waals surface area contributed by atoms with Crippen molar-refractivity contribution in [2.24, 2.45) is 17.6 Å². The molecule has 2 heterocycles. The molecule has 1 aromatic heterocycles. The largest absolute Gasteiger partial charge is 0.481 e. The number of methoxy groups -OCH3 is 1. The van der Waals surface area contributed by atoms with Crippen molar-refractivity contribution in [2.75, 3.05) is 20.3 Å². The summed E-state index contributed by atoms with van der Waals surface area (Å²) in [6, 6.07) is 19.0. The fourth-order valence-electron chi connectivity index (χ4n) is 5.97. The van der Waals surface area contributed by atoms with Crippen LogP contribution in [-0.2, 0) is 11.2 Å². The summed E-state index contributed by atoms with van der Waals surface area (Å²) in [5, 5.41) is 23.6. The Morgan fingerprint density at radius 1 is 1.18 bits per heavy atom. The second kappa shape index (κ2) is 8.25. The van der Waals surface area contributed by atoms with Gasteiger partial charge in [-0.3, -0.25) is 0 Å². The van der Waals surface area contributed by atoms with Crippen molar-refractivity contribution >= 4 is 27.5 Å². The van der Waals surface area contributed by atoms with Crippen LogP contribution in [0.25, 0.3) is 0 Å². The quantitative estimate of drug-likeness (QED) is 0.431. The van der Waals surface area contributed by atoms with Gasteiger partial charge < -0.3 is 25.4 Å². The fourth-order valence-corrected chi connectivity index (χ4v) is 6.41. The van der Waals surface area contributed by atoms with E-state index in [2.05, 4.69) is 20.9 Å². The van der Waals surface area contributed by atoms with Crippen LogP contribution in [0.4, 0.5) is 0 Å². The van der Waals surface area contributed by atoms with E-state index in [-0.39, 0.29) is 30.1 Å². The number of aliphatic hydroxyl groups is 2. The van der Waals surface area contributed by atoms with Gasteiger partial charge in [0.25, 0.3) is 0 Å². The summed E-state index contributed by atoms with van der Waals surface area (Å²) in [6.45, 7) is -0.0536. The molecule has 8 heteroatoms. The number of aromatic nitrogens is 1. The number of nitrogens with two attached hydrogens (primary N) is 1. The Bertz CT molecular complexity index is 1180. The van der Waals surface area contributed by atoms with Crippen LogP contribution in [0.2, 0.25) is 5.15 Å². The van der Waals surface area contributed by atoms with E-state index in [0.29, 0.717) is 11.3 Å². The summed E-state index contributed by atoms with van der Waals surface area (Å²) < 4.78 is 13.2. The van der Waals surface area contributed by atoms with Crippen LogP contribution < -0.4 is 15.2 Å². The molecule has 6 nitrogen and oxygen atoms in total. The van der Waals surface area contributed by atoms with Crippen molar-refractivity contribution in [3.8, 4) is 11.6 Å². The molecule has 3 aromatic rings. The predicted molar refractivity (Wildman–Crippen MR) is 128 cm³/mol. The molecule has 0 unspecified atom stereocenters. The molecule has 1 fully saturated rings. The Labute approximate surface area is 205 Å². The number of benzene rings is 2. The Balaban J connectivity index is 1.89. The number of fused-ring (bicyclic) bond motifs is 3. The van der Waals surface area contributed by atoms with Gasteiger partial charge >= 0.3 is 0 Å². The highest BCUT2D eigenvalue weighted by Gasteiger charge is 2.76. The minimum absolute atomic E-state index is 0.123. The number of halogens is 2. The molecule has 1 aliphatic heterocycles. The molecule has 4 N–H and O–H groups in total. The maximum absolute atomic E-state index is 12.8. The topological polar surface area (TPSA) is 97.8 Å². The average Bonchev–Trinajstić information content (AvgIpc) is 3.20. The van der Waals surface area contributed by atoms with Crippen molar-refractivity contribution < 1.29 is 19.7 Å². The van der Waals surface area contributed by atoms with Gasteiger partial charge in [-0.1, -0.05) is 70.0 Å². The third kappa shape index (κ3) is 3.00. The molecule has 5 atom stereocenters. The highest BCUT2D eigenvalue weighted by molar-refractivity contribution is 9.10. The van der Waals surface area contributed by atoms with Gasteiger partial charge in [0.1, 0.15) is 16.5 Å².